The van der Waals surface area contributed by atoms with Crippen LogP contribution in [0.25, 0.3) is 17.0 Å². The predicted molar refractivity (Wildman–Crippen MR) is 92.7 cm³/mol. The van der Waals surface area contributed by atoms with E-state index in [0.29, 0.717) is 13.2 Å². The van der Waals surface area contributed by atoms with Crippen LogP contribution in [0.3, 0.4) is 0 Å². The number of fused-ring (bicyclic) bond motifs is 1. The standard InChI is InChI=1S/C20H19NO3/c1-15-6-9-17(10-7-15)24-13-12-21-14-16(8-11-20(22)23)18-4-2-3-5-19(18)21/h2-11,14H,12-13H2,1H3,(H,22,23)/p-1/b11-8+. The van der Waals surface area contributed by atoms with Gasteiger partial charge in [-0.25, -0.2) is 0 Å². The largest absolute Gasteiger partial charge is 0.545 e. The molecule has 0 saturated carbocycles. The molecule has 0 aliphatic heterocycles. The monoisotopic (exact) mass is 320 g/mol. The van der Waals surface area contributed by atoms with Gasteiger partial charge in [0, 0.05) is 22.7 Å². The van der Waals surface area contributed by atoms with Crippen LogP contribution in [0.4, 0.5) is 0 Å². The van der Waals surface area contributed by atoms with Gasteiger partial charge >= 0.3 is 0 Å². The zero-order valence-corrected chi connectivity index (χ0v) is 13.4. The lowest BCUT2D eigenvalue weighted by Gasteiger charge is -2.08. The quantitative estimate of drug-likeness (QED) is 0.656. The number of hydrogen-bond acceptors (Lipinski definition) is 3. The Labute approximate surface area is 140 Å². The molecule has 0 atom stereocenters. The first-order valence-corrected chi connectivity index (χ1v) is 7.80. The number of aromatic nitrogens is 1. The number of carboxylic acid groups (broad SMARTS) is 1. The molecule has 2 aromatic carbocycles. The Morgan fingerprint density at radius 3 is 2.67 bits per heavy atom. The summed E-state index contributed by atoms with van der Waals surface area (Å²) in [4.78, 5) is 10.6. The third kappa shape index (κ3) is 3.66. The molecular weight excluding hydrogens is 302 g/mol. The molecule has 24 heavy (non-hydrogen) atoms. The Bertz CT molecular complexity index is 876. The van der Waals surface area contributed by atoms with Gasteiger partial charge in [0.2, 0.25) is 0 Å². The summed E-state index contributed by atoms with van der Waals surface area (Å²) in [7, 11) is 0. The lowest BCUT2D eigenvalue weighted by atomic mass is 10.1. The van der Waals surface area contributed by atoms with Gasteiger partial charge in [0.25, 0.3) is 0 Å². The molecule has 4 heteroatoms. The fourth-order valence-corrected chi connectivity index (χ4v) is 2.65. The molecule has 0 unspecified atom stereocenters. The molecule has 1 heterocycles. The Morgan fingerprint density at radius 2 is 1.92 bits per heavy atom. The molecule has 0 spiro atoms. The number of carbonyl (C=O) groups is 1. The molecule has 0 N–H and O–H groups in total. The summed E-state index contributed by atoms with van der Waals surface area (Å²) in [5.74, 6) is -0.358. The molecule has 0 bridgehead atoms. The normalized spacial score (nSPS) is 11.2. The maximum atomic E-state index is 10.6. The van der Waals surface area contributed by atoms with Crippen LogP contribution in [-0.4, -0.2) is 17.1 Å². The molecule has 122 valence electrons. The van der Waals surface area contributed by atoms with Crippen molar-refractivity contribution in [1.29, 1.82) is 0 Å². The Kier molecular flexibility index (Phi) is 4.66. The highest BCUT2D eigenvalue weighted by molar-refractivity contribution is 5.93. The molecule has 0 aliphatic rings. The molecule has 0 amide bonds. The van der Waals surface area contributed by atoms with Gasteiger partial charge < -0.3 is 19.2 Å². The molecule has 3 rings (SSSR count). The Hall–Kier alpha value is -3.01. The average Bonchev–Trinajstić information content (AvgIpc) is 2.93. The first kappa shape index (κ1) is 15.9. The van der Waals surface area contributed by atoms with E-state index in [1.54, 1.807) is 6.08 Å². The molecule has 1 aromatic heterocycles. The number of ether oxygens (including phenoxy) is 1. The summed E-state index contributed by atoms with van der Waals surface area (Å²) in [6, 6.07) is 15.8. The minimum absolute atomic E-state index is 0.533. The number of benzene rings is 2. The van der Waals surface area contributed by atoms with Crippen LogP contribution in [0.5, 0.6) is 5.75 Å². The SMILES string of the molecule is Cc1ccc(OCCn2cc(/C=C/C(=O)[O-])c3ccccc32)cc1. The second-order valence-electron chi connectivity index (χ2n) is 5.61. The van der Waals surface area contributed by atoms with Crippen LogP contribution in [0.15, 0.2) is 60.8 Å². The minimum atomic E-state index is -1.20. The van der Waals surface area contributed by atoms with Crippen molar-refractivity contribution in [2.75, 3.05) is 6.61 Å². The van der Waals surface area contributed by atoms with Crippen molar-refractivity contribution >= 4 is 22.9 Å². The Balaban J connectivity index is 1.76. The topological polar surface area (TPSA) is 54.3 Å². The van der Waals surface area contributed by atoms with Crippen molar-refractivity contribution in [3.05, 3.63) is 71.9 Å². The van der Waals surface area contributed by atoms with E-state index < -0.39 is 5.97 Å². The minimum Gasteiger partial charge on any atom is -0.545 e. The van der Waals surface area contributed by atoms with E-state index in [0.717, 1.165) is 28.3 Å². The number of carbonyl (C=O) groups excluding carboxylic acids is 1. The summed E-state index contributed by atoms with van der Waals surface area (Å²) in [6.45, 7) is 3.25. The lowest BCUT2D eigenvalue weighted by molar-refractivity contribution is -0.297. The maximum Gasteiger partial charge on any atom is 0.119 e. The van der Waals surface area contributed by atoms with Crippen LogP contribution >= 0.6 is 0 Å². The van der Waals surface area contributed by atoms with Gasteiger partial charge in [-0.3, -0.25) is 0 Å². The summed E-state index contributed by atoms with van der Waals surface area (Å²) < 4.78 is 7.85. The second kappa shape index (κ2) is 7.04. The number of carboxylic acids is 1. The molecule has 4 nitrogen and oxygen atoms in total. The third-order valence-corrected chi connectivity index (χ3v) is 3.84. The van der Waals surface area contributed by atoms with Gasteiger partial charge in [0.1, 0.15) is 12.4 Å². The maximum absolute atomic E-state index is 10.6. The number of aliphatic carboxylic acids is 1. The smallest absolute Gasteiger partial charge is 0.119 e. The number of aryl methyl sites for hydroxylation is 1. The highest BCUT2D eigenvalue weighted by Gasteiger charge is 2.06. The van der Waals surface area contributed by atoms with Crippen molar-refractivity contribution in [3.63, 3.8) is 0 Å². The third-order valence-electron chi connectivity index (χ3n) is 3.84. The van der Waals surface area contributed by atoms with Crippen molar-refractivity contribution in [2.24, 2.45) is 0 Å². The fraction of sp³-hybridized carbons (Fsp3) is 0.150. The molecule has 0 saturated heterocycles. The van der Waals surface area contributed by atoms with Crippen molar-refractivity contribution in [1.82, 2.24) is 4.57 Å². The van der Waals surface area contributed by atoms with Gasteiger partial charge in [-0.2, -0.15) is 0 Å². The highest BCUT2D eigenvalue weighted by Crippen LogP contribution is 2.22. The number of nitrogens with zero attached hydrogens (tertiary/aromatic N) is 1. The van der Waals surface area contributed by atoms with Crippen LogP contribution in [0.1, 0.15) is 11.1 Å². The van der Waals surface area contributed by atoms with Crippen LogP contribution in [0, 0.1) is 6.92 Å². The zero-order valence-electron chi connectivity index (χ0n) is 13.4. The second-order valence-corrected chi connectivity index (χ2v) is 5.61. The summed E-state index contributed by atoms with van der Waals surface area (Å²) in [6.07, 6.45) is 4.55. The summed E-state index contributed by atoms with van der Waals surface area (Å²) in [5, 5.41) is 11.6. The van der Waals surface area contributed by atoms with Gasteiger partial charge in [0.05, 0.1) is 12.5 Å². The molecule has 3 aromatic rings. The van der Waals surface area contributed by atoms with Crippen LogP contribution < -0.4 is 9.84 Å². The summed E-state index contributed by atoms with van der Waals surface area (Å²) in [5.41, 5.74) is 3.09. The first-order valence-electron chi connectivity index (χ1n) is 7.80. The van der Waals surface area contributed by atoms with E-state index in [1.807, 2.05) is 61.7 Å². The van der Waals surface area contributed by atoms with Crippen molar-refractivity contribution < 1.29 is 14.6 Å². The van der Waals surface area contributed by atoms with E-state index >= 15 is 0 Å². The molecule has 0 fully saturated rings. The molecular formula is C20H18NO3-. The van der Waals surface area contributed by atoms with Crippen molar-refractivity contribution in [2.45, 2.75) is 13.5 Å². The Morgan fingerprint density at radius 1 is 1.17 bits per heavy atom. The fourth-order valence-electron chi connectivity index (χ4n) is 2.65. The molecule has 0 radical (unpaired) electrons. The predicted octanol–water partition coefficient (Wildman–Crippen LogP) is 2.79. The average molecular weight is 320 g/mol. The van der Waals surface area contributed by atoms with Crippen LogP contribution in [-0.2, 0) is 11.3 Å². The first-order chi connectivity index (χ1) is 11.6. The van der Waals surface area contributed by atoms with Gasteiger partial charge in [-0.15, -0.1) is 0 Å². The van der Waals surface area contributed by atoms with E-state index in [2.05, 4.69) is 4.57 Å². The van der Waals surface area contributed by atoms with Gasteiger partial charge in [0.15, 0.2) is 0 Å². The summed E-state index contributed by atoms with van der Waals surface area (Å²) >= 11 is 0. The van der Waals surface area contributed by atoms with E-state index in [1.165, 1.54) is 5.56 Å². The van der Waals surface area contributed by atoms with E-state index in [-0.39, 0.29) is 0 Å². The van der Waals surface area contributed by atoms with E-state index in [4.69, 9.17) is 4.74 Å². The highest BCUT2D eigenvalue weighted by atomic mass is 16.5. The van der Waals surface area contributed by atoms with Crippen LogP contribution in [0.2, 0.25) is 0 Å². The number of para-hydroxylation sites is 1. The zero-order chi connectivity index (χ0) is 16.9. The molecule has 0 aliphatic carbocycles. The number of rotatable bonds is 6. The van der Waals surface area contributed by atoms with E-state index in [9.17, 15) is 9.90 Å². The lowest BCUT2D eigenvalue weighted by Crippen LogP contribution is -2.18. The number of hydrogen-bond donors (Lipinski definition) is 0. The van der Waals surface area contributed by atoms with Gasteiger partial charge in [-0.1, -0.05) is 42.0 Å². The van der Waals surface area contributed by atoms with Gasteiger partial charge in [-0.05, 0) is 31.2 Å². The van der Waals surface area contributed by atoms with Crippen molar-refractivity contribution in [3.8, 4) is 5.75 Å².